The average Bonchev–Trinajstić information content (AvgIpc) is 3.40. The highest BCUT2D eigenvalue weighted by Crippen LogP contribution is 2.41. The normalized spacial score (nSPS) is 15.0. The average molecular weight is 542 g/mol. The van der Waals surface area contributed by atoms with E-state index in [2.05, 4.69) is 37.3 Å². The Morgan fingerprint density at radius 2 is 1.62 bits per heavy atom. The van der Waals surface area contributed by atoms with E-state index < -0.39 is 10.1 Å². The van der Waals surface area contributed by atoms with Gasteiger partial charge in [-0.15, -0.1) is 0 Å². The van der Waals surface area contributed by atoms with Gasteiger partial charge in [0.2, 0.25) is 11.5 Å². The van der Waals surface area contributed by atoms with Crippen molar-refractivity contribution in [3.8, 4) is 5.75 Å². The number of hydrogen-bond donors (Lipinski definition) is 1. The van der Waals surface area contributed by atoms with Crippen molar-refractivity contribution in [1.29, 1.82) is 0 Å². The minimum atomic E-state index is -4.06. The van der Waals surface area contributed by atoms with Crippen LogP contribution in [0.3, 0.4) is 0 Å². The molecule has 1 aliphatic heterocycles. The number of oxazole rings is 1. The Bertz CT molecular complexity index is 1900. The SMILES string of the molecule is CCC(=Cc1oc2cc3ccccc3cc2[n+]1CCCS(=O)(=O)O)C=C1Oc2cc3ccccc3cc2N1C. The number of hydrogen-bond acceptors (Lipinski definition) is 5. The first-order valence-corrected chi connectivity index (χ1v) is 14.6. The van der Waals surface area contributed by atoms with Gasteiger partial charge in [-0.2, -0.15) is 13.0 Å². The summed E-state index contributed by atoms with van der Waals surface area (Å²) in [5, 5.41) is 4.40. The molecule has 198 valence electrons. The summed E-state index contributed by atoms with van der Waals surface area (Å²) in [6, 6.07) is 24.5. The van der Waals surface area contributed by atoms with Gasteiger partial charge in [0.15, 0.2) is 12.3 Å². The maximum atomic E-state index is 11.4. The highest BCUT2D eigenvalue weighted by molar-refractivity contribution is 7.85. The molecule has 7 nitrogen and oxygen atoms in total. The number of aromatic nitrogens is 1. The molecular weight excluding hydrogens is 512 g/mol. The van der Waals surface area contributed by atoms with Crippen molar-refractivity contribution in [2.45, 2.75) is 26.3 Å². The van der Waals surface area contributed by atoms with E-state index in [0.717, 1.165) is 50.5 Å². The largest absolute Gasteiger partial charge is 0.439 e. The third-order valence-corrected chi connectivity index (χ3v) is 7.95. The van der Waals surface area contributed by atoms with Crippen LogP contribution in [-0.4, -0.2) is 25.8 Å². The van der Waals surface area contributed by atoms with Crippen LogP contribution in [0.25, 0.3) is 38.7 Å². The van der Waals surface area contributed by atoms with Crippen molar-refractivity contribution < 1.29 is 26.7 Å². The summed E-state index contributed by atoms with van der Waals surface area (Å²) in [5.74, 6) is 1.81. The van der Waals surface area contributed by atoms with E-state index in [1.165, 1.54) is 0 Å². The van der Waals surface area contributed by atoms with Crippen molar-refractivity contribution in [3.63, 3.8) is 0 Å². The highest BCUT2D eigenvalue weighted by atomic mass is 32.2. The van der Waals surface area contributed by atoms with Crippen LogP contribution in [-0.2, 0) is 16.7 Å². The summed E-state index contributed by atoms with van der Waals surface area (Å²) in [5.41, 5.74) is 3.57. The van der Waals surface area contributed by atoms with Crippen LogP contribution in [0.2, 0.25) is 0 Å². The van der Waals surface area contributed by atoms with Gasteiger partial charge in [-0.25, -0.2) is 0 Å². The van der Waals surface area contributed by atoms with Gasteiger partial charge in [0.1, 0.15) is 0 Å². The first kappa shape index (κ1) is 25.2. The van der Waals surface area contributed by atoms with E-state index in [4.69, 9.17) is 9.15 Å². The monoisotopic (exact) mass is 541 g/mol. The van der Waals surface area contributed by atoms with E-state index in [-0.39, 0.29) is 12.2 Å². The molecule has 1 aliphatic rings. The van der Waals surface area contributed by atoms with E-state index >= 15 is 0 Å². The number of anilines is 1. The molecule has 8 heteroatoms. The third-order valence-electron chi connectivity index (χ3n) is 7.14. The van der Waals surface area contributed by atoms with Gasteiger partial charge < -0.3 is 14.1 Å². The zero-order valence-corrected chi connectivity index (χ0v) is 22.6. The van der Waals surface area contributed by atoms with E-state index in [0.29, 0.717) is 23.9 Å². The summed E-state index contributed by atoms with van der Waals surface area (Å²) in [7, 11) is -2.07. The Morgan fingerprint density at radius 3 is 2.28 bits per heavy atom. The van der Waals surface area contributed by atoms with Gasteiger partial charge in [-0.05, 0) is 51.7 Å². The van der Waals surface area contributed by atoms with Crippen LogP contribution >= 0.6 is 0 Å². The Kier molecular flexibility index (Phi) is 6.37. The molecule has 39 heavy (non-hydrogen) atoms. The van der Waals surface area contributed by atoms with E-state index in [1.807, 2.05) is 71.1 Å². The molecule has 0 atom stereocenters. The van der Waals surface area contributed by atoms with E-state index in [1.54, 1.807) is 0 Å². The number of aryl methyl sites for hydroxylation is 1. The van der Waals surface area contributed by atoms with Crippen LogP contribution < -0.4 is 14.2 Å². The zero-order chi connectivity index (χ0) is 27.1. The summed E-state index contributed by atoms with van der Waals surface area (Å²) in [6.07, 6.45) is 4.96. The van der Waals surface area contributed by atoms with Gasteiger partial charge in [0, 0.05) is 25.6 Å². The summed E-state index contributed by atoms with van der Waals surface area (Å²) in [6.45, 7) is 2.44. The number of nitrogens with zero attached hydrogens (tertiary/aromatic N) is 2. The lowest BCUT2D eigenvalue weighted by Crippen LogP contribution is -2.36. The lowest BCUT2D eigenvalue weighted by Gasteiger charge is -2.11. The fraction of sp³-hybridized carbons (Fsp3) is 0.194. The second-order valence-corrected chi connectivity index (χ2v) is 11.4. The van der Waals surface area contributed by atoms with Crippen molar-refractivity contribution in [1.82, 2.24) is 0 Å². The summed E-state index contributed by atoms with van der Waals surface area (Å²) in [4.78, 5) is 2.04. The van der Waals surface area contributed by atoms with Gasteiger partial charge in [0.05, 0.1) is 17.5 Å². The number of benzene rings is 4. The smallest absolute Gasteiger partial charge is 0.374 e. The maximum Gasteiger partial charge on any atom is 0.374 e. The molecule has 0 aliphatic carbocycles. The lowest BCUT2D eigenvalue weighted by molar-refractivity contribution is -0.677. The van der Waals surface area contributed by atoms with Gasteiger partial charge in [-0.3, -0.25) is 4.55 Å². The molecule has 1 aromatic heterocycles. The molecule has 0 radical (unpaired) electrons. The molecule has 6 rings (SSSR count). The quantitative estimate of drug-likeness (QED) is 0.188. The van der Waals surface area contributed by atoms with Crippen molar-refractivity contribution in [2.24, 2.45) is 0 Å². The molecule has 0 bridgehead atoms. The van der Waals surface area contributed by atoms with Crippen LogP contribution in [0, 0.1) is 0 Å². The minimum Gasteiger partial charge on any atom is -0.439 e. The molecular formula is C31H29N2O5S+. The maximum absolute atomic E-state index is 11.4. The van der Waals surface area contributed by atoms with Gasteiger partial charge in [-0.1, -0.05) is 55.5 Å². The molecule has 0 amide bonds. The fourth-order valence-electron chi connectivity index (χ4n) is 5.07. The Morgan fingerprint density at radius 1 is 0.974 bits per heavy atom. The van der Waals surface area contributed by atoms with Gasteiger partial charge >= 0.3 is 5.89 Å². The Balaban J connectivity index is 1.40. The zero-order valence-electron chi connectivity index (χ0n) is 21.8. The molecule has 5 aromatic rings. The molecule has 0 spiro atoms. The van der Waals surface area contributed by atoms with Crippen molar-refractivity contribution >= 4 is 54.5 Å². The molecule has 0 saturated carbocycles. The van der Waals surface area contributed by atoms with Crippen molar-refractivity contribution in [2.75, 3.05) is 17.7 Å². The fourth-order valence-corrected chi connectivity index (χ4v) is 5.56. The van der Waals surface area contributed by atoms with Gasteiger partial charge in [0.25, 0.3) is 15.6 Å². The summed E-state index contributed by atoms with van der Waals surface area (Å²) < 4.78 is 46.6. The summed E-state index contributed by atoms with van der Waals surface area (Å²) >= 11 is 0. The van der Waals surface area contributed by atoms with Crippen LogP contribution in [0.1, 0.15) is 25.7 Å². The predicted molar refractivity (Wildman–Crippen MR) is 154 cm³/mol. The predicted octanol–water partition coefficient (Wildman–Crippen LogP) is 6.47. The Hall–Kier alpha value is -4.14. The topological polar surface area (TPSA) is 83.9 Å². The number of allylic oxidation sites excluding steroid dienone is 2. The highest BCUT2D eigenvalue weighted by Gasteiger charge is 2.26. The van der Waals surface area contributed by atoms with Crippen LogP contribution in [0.15, 0.2) is 94.7 Å². The Labute approximate surface area is 227 Å². The molecule has 0 fully saturated rings. The second-order valence-electron chi connectivity index (χ2n) is 9.78. The lowest BCUT2D eigenvalue weighted by atomic mass is 10.1. The number of fused-ring (bicyclic) bond motifs is 4. The molecule has 1 N–H and O–H groups in total. The van der Waals surface area contributed by atoms with Crippen LogP contribution in [0.4, 0.5) is 5.69 Å². The molecule has 0 saturated heterocycles. The second kappa shape index (κ2) is 9.87. The third kappa shape index (κ3) is 5.01. The molecule has 2 heterocycles. The molecule has 4 aromatic carbocycles. The minimum absolute atomic E-state index is 0.253. The standard InChI is InChI=1S/C31H28N2O5S/c1-3-21(15-30-32(2)26-17-22-9-4-6-11-24(22)19-28(26)37-30)16-31-33(13-8-14-39(34,35)36)27-18-23-10-5-7-12-25(23)20-29(27)38-31/h4-7,9-12,15-20H,3,8,13-14H2,1-2H3/p+1. The van der Waals surface area contributed by atoms with Crippen LogP contribution in [0.5, 0.6) is 5.75 Å². The number of ether oxygens (including phenoxy) is 1. The first-order valence-electron chi connectivity index (χ1n) is 13.0. The van der Waals surface area contributed by atoms with E-state index in [9.17, 15) is 13.0 Å². The molecule has 0 unspecified atom stereocenters. The van der Waals surface area contributed by atoms with Crippen molar-refractivity contribution in [3.05, 3.63) is 96.2 Å². The first-order chi connectivity index (χ1) is 18.8. The number of rotatable bonds is 7.